The summed E-state index contributed by atoms with van der Waals surface area (Å²) < 4.78 is 2.17. The van der Waals surface area contributed by atoms with E-state index in [0.29, 0.717) is 9.65 Å². The number of rotatable bonds is 2. The van der Waals surface area contributed by atoms with E-state index >= 15 is 0 Å². The summed E-state index contributed by atoms with van der Waals surface area (Å²) in [5, 5.41) is 11.4. The van der Waals surface area contributed by atoms with Crippen molar-refractivity contribution in [3.63, 3.8) is 0 Å². The van der Waals surface area contributed by atoms with Gasteiger partial charge >= 0.3 is 113 Å². The molecule has 94 valence electrons. The van der Waals surface area contributed by atoms with Gasteiger partial charge in [-0.15, -0.1) is 0 Å². The number of nitro groups is 1. The molecule has 6 heteroatoms. The minimum atomic E-state index is -0.428. The monoisotopic (exact) mass is 320 g/mol. The van der Waals surface area contributed by atoms with Crippen molar-refractivity contribution < 1.29 is 4.92 Å². The molecule has 19 heavy (non-hydrogen) atoms. The molecule has 3 aromatic rings. The molecule has 0 spiro atoms. The first-order valence-electron chi connectivity index (χ1n) is 5.53. The molecule has 1 heterocycles. The molecule has 0 saturated carbocycles. The molecule has 5 nitrogen and oxygen atoms in total. The van der Waals surface area contributed by atoms with E-state index in [0.717, 1.165) is 5.69 Å². The Labute approximate surface area is 113 Å². The maximum absolute atomic E-state index is 12.3. The van der Waals surface area contributed by atoms with Gasteiger partial charge in [0.25, 0.3) is 0 Å². The van der Waals surface area contributed by atoms with E-state index in [1.807, 2.05) is 30.3 Å². The van der Waals surface area contributed by atoms with Gasteiger partial charge in [-0.3, -0.25) is 0 Å². The molecule has 1 aromatic heterocycles. The Kier molecular flexibility index (Phi) is 2.81. The Balaban J connectivity index is 2.36. The fraction of sp³-hybridized carbons (Fsp3) is 0. The van der Waals surface area contributed by atoms with Crippen LogP contribution in [0.15, 0.2) is 53.3 Å². The van der Waals surface area contributed by atoms with Gasteiger partial charge in [0.1, 0.15) is 0 Å². The third kappa shape index (κ3) is 1.91. The van der Waals surface area contributed by atoms with Crippen LogP contribution in [0.1, 0.15) is 0 Å². The van der Waals surface area contributed by atoms with E-state index in [4.69, 9.17) is 0 Å². The number of non-ortho nitro benzene ring substituents is 1. The predicted octanol–water partition coefficient (Wildman–Crippen LogP) is 1.96. The molecular weight excluding hydrogens is 311 g/mol. The summed E-state index contributed by atoms with van der Waals surface area (Å²) >= 11 is -0.391. The van der Waals surface area contributed by atoms with Gasteiger partial charge in [-0.25, -0.2) is 0 Å². The molecule has 0 bridgehead atoms. The van der Waals surface area contributed by atoms with Gasteiger partial charge in [0.05, 0.1) is 0 Å². The van der Waals surface area contributed by atoms with Gasteiger partial charge in [-0.1, -0.05) is 0 Å². The van der Waals surface area contributed by atoms with Gasteiger partial charge in [-0.05, 0) is 0 Å². The van der Waals surface area contributed by atoms with Crippen LogP contribution in [0.3, 0.4) is 0 Å². The Morgan fingerprint density at radius 3 is 2.47 bits per heavy atom. The third-order valence-corrected chi connectivity index (χ3v) is 5.24. The van der Waals surface area contributed by atoms with Crippen LogP contribution in [0.4, 0.5) is 5.69 Å². The van der Waals surface area contributed by atoms with Crippen molar-refractivity contribution in [2.75, 3.05) is 0 Å². The zero-order chi connectivity index (χ0) is 13.4. The average molecular weight is 319 g/mol. The number of benzene rings is 2. The fourth-order valence-electron chi connectivity index (χ4n) is 1.91. The number of nitro benzene ring substituents is 1. The van der Waals surface area contributed by atoms with Crippen LogP contribution < -0.4 is 5.56 Å². The van der Waals surface area contributed by atoms with Crippen LogP contribution in [0.5, 0.6) is 0 Å². The summed E-state index contributed by atoms with van der Waals surface area (Å²) in [6.45, 7) is 0. The number of para-hydroxylation sites is 1. The summed E-state index contributed by atoms with van der Waals surface area (Å²) in [7, 11) is 0. The fourth-order valence-corrected chi connectivity index (χ4v) is 4.18. The Morgan fingerprint density at radius 2 is 1.79 bits per heavy atom. The van der Waals surface area contributed by atoms with Crippen molar-refractivity contribution in [3.05, 3.63) is 69.0 Å². The van der Waals surface area contributed by atoms with E-state index in [-0.39, 0.29) is 11.2 Å². The number of hydrogen-bond donors (Lipinski definition) is 0. The second kappa shape index (κ2) is 4.49. The van der Waals surface area contributed by atoms with Crippen LogP contribution in [-0.2, 0) is 0 Å². The first-order valence-corrected chi connectivity index (χ1v) is 7.15. The zero-order valence-electron chi connectivity index (χ0n) is 9.65. The quantitative estimate of drug-likeness (QED) is 0.412. The Bertz CT molecular complexity index is 821. The van der Waals surface area contributed by atoms with E-state index in [2.05, 4.69) is 0 Å². The van der Waals surface area contributed by atoms with Crippen LogP contribution in [-0.4, -0.2) is 23.2 Å². The maximum atomic E-state index is 12.3. The van der Waals surface area contributed by atoms with Gasteiger partial charge in [-0.2, -0.15) is 0 Å². The van der Waals surface area contributed by atoms with E-state index in [9.17, 15) is 14.9 Å². The molecule has 0 N–H and O–H groups in total. The normalized spacial score (nSPS) is 10.7. The summed E-state index contributed by atoms with van der Waals surface area (Å²) in [5.74, 6) is 0. The molecule has 0 aliphatic heterocycles. The topological polar surface area (TPSA) is 65.1 Å². The van der Waals surface area contributed by atoms with Crippen LogP contribution in [0, 0.1) is 10.1 Å². The van der Waals surface area contributed by atoms with Crippen molar-refractivity contribution in [1.82, 2.24) is 3.56 Å². The number of fused-ring (bicyclic) bond motifs is 1. The second-order valence-corrected chi connectivity index (χ2v) is 5.94. The van der Waals surface area contributed by atoms with Gasteiger partial charge in [0, 0.05) is 0 Å². The van der Waals surface area contributed by atoms with Crippen molar-refractivity contribution in [2.45, 2.75) is 0 Å². The van der Waals surface area contributed by atoms with Crippen molar-refractivity contribution in [1.29, 1.82) is 0 Å². The molecule has 0 amide bonds. The SMILES string of the molecule is O=c1c2cccc([N+](=O)[O-])c2[se]n1-c1ccccc1. The molecule has 3 rings (SSSR count). The molecule has 0 aliphatic carbocycles. The molecule has 0 atom stereocenters. The summed E-state index contributed by atoms with van der Waals surface area (Å²) in [6.07, 6.45) is 0. The van der Waals surface area contributed by atoms with Crippen LogP contribution >= 0.6 is 0 Å². The van der Waals surface area contributed by atoms with E-state index in [1.165, 1.54) is 6.07 Å². The number of nitrogens with zero attached hydrogens (tertiary/aromatic N) is 2. The molecular formula is C13H8N2O3Se. The Hall–Kier alpha value is -2.17. The van der Waals surface area contributed by atoms with E-state index in [1.54, 1.807) is 15.7 Å². The molecule has 0 saturated heterocycles. The van der Waals surface area contributed by atoms with Gasteiger partial charge in [0.15, 0.2) is 0 Å². The number of aromatic nitrogens is 1. The first-order chi connectivity index (χ1) is 9.18. The molecule has 2 aromatic carbocycles. The first kappa shape index (κ1) is 11.9. The molecule has 0 aliphatic rings. The third-order valence-electron chi connectivity index (χ3n) is 2.78. The Morgan fingerprint density at radius 1 is 1.05 bits per heavy atom. The summed E-state index contributed by atoms with van der Waals surface area (Å²) in [5.41, 5.74) is 0.646. The summed E-state index contributed by atoms with van der Waals surface area (Å²) in [4.78, 5) is 22.9. The minimum absolute atomic E-state index is 0.0317. The zero-order valence-corrected chi connectivity index (χ0v) is 11.4. The van der Waals surface area contributed by atoms with Crippen LogP contribution in [0.2, 0.25) is 0 Å². The second-order valence-electron chi connectivity index (χ2n) is 3.94. The van der Waals surface area contributed by atoms with Crippen LogP contribution in [0.25, 0.3) is 15.3 Å². The molecule has 0 radical (unpaired) electrons. The van der Waals surface area contributed by atoms with E-state index < -0.39 is 19.7 Å². The van der Waals surface area contributed by atoms with Gasteiger partial charge in [0.2, 0.25) is 0 Å². The predicted molar refractivity (Wildman–Crippen MR) is 73.1 cm³/mol. The van der Waals surface area contributed by atoms with Crippen molar-refractivity contribution in [2.24, 2.45) is 0 Å². The summed E-state index contributed by atoms with van der Waals surface area (Å²) in [6, 6.07) is 13.9. The number of hydrogen-bond acceptors (Lipinski definition) is 3. The standard InChI is InChI=1S/C13H8N2O3Se/c16-13-10-7-4-8-11(15(17)18)12(10)19-14(13)9-5-2-1-3-6-9/h1-8H. The van der Waals surface area contributed by atoms with Gasteiger partial charge < -0.3 is 0 Å². The molecule has 0 fully saturated rings. The van der Waals surface area contributed by atoms with Crippen molar-refractivity contribution >= 4 is 30.1 Å². The molecule has 0 unspecified atom stereocenters. The van der Waals surface area contributed by atoms with Crippen molar-refractivity contribution in [3.8, 4) is 5.69 Å². The average Bonchev–Trinajstić information content (AvgIpc) is 2.77.